The third kappa shape index (κ3) is 3.30. The summed E-state index contributed by atoms with van der Waals surface area (Å²) in [6.45, 7) is 3.19. The van der Waals surface area contributed by atoms with Crippen molar-refractivity contribution >= 4 is 29.1 Å². The van der Waals surface area contributed by atoms with Crippen LogP contribution in [0.4, 0.5) is 0 Å². The summed E-state index contributed by atoms with van der Waals surface area (Å²) < 4.78 is 12.5. The third-order valence-electron chi connectivity index (χ3n) is 3.74. The monoisotopic (exact) mass is 369 g/mol. The molecular formula is C16H17Cl2N3O3. The van der Waals surface area contributed by atoms with Gasteiger partial charge in [-0.25, -0.2) is 0 Å². The van der Waals surface area contributed by atoms with Crippen molar-refractivity contribution in [2.45, 2.75) is 13.3 Å². The van der Waals surface area contributed by atoms with Crippen LogP contribution in [0.2, 0.25) is 10.2 Å². The second-order valence-electron chi connectivity index (χ2n) is 5.48. The number of aryl methyl sites for hydroxylation is 2. The topological polar surface area (TPSA) is 65.4 Å². The minimum absolute atomic E-state index is 0.241. The van der Waals surface area contributed by atoms with Gasteiger partial charge in [-0.2, -0.15) is 5.10 Å². The summed E-state index contributed by atoms with van der Waals surface area (Å²) in [7, 11) is 1.70. The molecule has 6 nitrogen and oxygen atoms in total. The second kappa shape index (κ2) is 6.91. The van der Waals surface area contributed by atoms with E-state index in [0.29, 0.717) is 59.1 Å². The van der Waals surface area contributed by atoms with Gasteiger partial charge in [0.25, 0.3) is 5.91 Å². The highest BCUT2D eigenvalue weighted by atomic mass is 35.5. The van der Waals surface area contributed by atoms with E-state index < -0.39 is 0 Å². The lowest BCUT2D eigenvalue weighted by atomic mass is 10.1. The number of carbonyl (C=O) groups is 1. The molecule has 0 radical (unpaired) electrons. The molecule has 8 heteroatoms. The maximum atomic E-state index is 12.3. The number of rotatable bonds is 4. The molecule has 0 unspecified atom stereocenters. The number of amides is 1. The summed E-state index contributed by atoms with van der Waals surface area (Å²) in [5.74, 6) is 0.976. The first-order chi connectivity index (χ1) is 11.5. The van der Waals surface area contributed by atoms with E-state index in [-0.39, 0.29) is 5.91 Å². The molecule has 1 aromatic carbocycles. The molecule has 2 aromatic rings. The van der Waals surface area contributed by atoms with Gasteiger partial charge in [0.2, 0.25) is 0 Å². The van der Waals surface area contributed by atoms with E-state index in [1.807, 2.05) is 12.1 Å². The fourth-order valence-electron chi connectivity index (χ4n) is 2.61. The number of hydrogen-bond donors (Lipinski definition) is 1. The molecule has 1 aliphatic heterocycles. The highest BCUT2D eigenvalue weighted by Gasteiger charge is 2.19. The first-order valence-electron chi connectivity index (χ1n) is 7.52. The van der Waals surface area contributed by atoms with Gasteiger partial charge in [-0.15, -0.1) is 0 Å². The van der Waals surface area contributed by atoms with Gasteiger partial charge in [-0.3, -0.25) is 9.48 Å². The molecule has 24 heavy (non-hydrogen) atoms. The number of nitrogens with one attached hydrogen (secondary N) is 1. The van der Waals surface area contributed by atoms with Gasteiger partial charge in [0, 0.05) is 13.6 Å². The third-order valence-corrected chi connectivity index (χ3v) is 4.45. The SMILES string of the molecule is Cc1nn(C)c(Cl)c1C(=O)NCCc1cc(Cl)c2c(c1)OCCO2. The van der Waals surface area contributed by atoms with E-state index in [2.05, 4.69) is 10.4 Å². The van der Waals surface area contributed by atoms with Crippen molar-refractivity contribution in [2.24, 2.45) is 7.05 Å². The smallest absolute Gasteiger partial charge is 0.256 e. The number of carbonyl (C=O) groups excluding carboxylic acids is 1. The van der Waals surface area contributed by atoms with Crippen LogP contribution in [0.15, 0.2) is 12.1 Å². The van der Waals surface area contributed by atoms with E-state index in [9.17, 15) is 4.79 Å². The van der Waals surface area contributed by atoms with Gasteiger partial charge in [0.05, 0.1) is 16.3 Å². The molecule has 0 aliphatic carbocycles. The van der Waals surface area contributed by atoms with Crippen molar-refractivity contribution in [1.29, 1.82) is 0 Å². The van der Waals surface area contributed by atoms with Crippen molar-refractivity contribution in [2.75, 3.05) is 19.8 Å². The van der Waals surface area contributed by atoms with Crippen LogP contribution >= 0.6 is 23.2 Å². The highest BCUT2D eigenvalue weighted by Crippen LogP contribution is 2.38. The number of aromatic nitrogens is 2. The van der Waals surface area contributed by atoms with E-state index in [1.54, 1.807) is 14.0 Å². The lowest BCUT2D eigenvalue weighted by molar-refractivity contribution is 0.0953. The average Bonchev–Trinajstić information content (AvgIpc) is 2.80. The Labute approximate surface area is 149 Å². The number of benzene rings is 1. The Morgan fingerprint density at radius 3 is 2.79 bits per heavy atom. The van der Waals surface area contributed by atoms with Gasteiger partial charge >= 0.3 is 0 Å². The molecule has 1 N–H and O–H groups in total. The lowest BCUT2D eigenvalue weighted by Crippen LogP contribution is -2.26. The molecule has 0 saturated heterocycles. The minimum Gasteiger partial charge on any atom is -0.486 e. The van der Waals surface area contributed by atoms with Crippen LogP contribution < -0.4 is 14.8 Å². The number of nitrogens with zero attached hydrogens (tertiary/aromatic N) is 2. The fourth-order valence-corrected chi connectivity index (χ4v) is 3.15. The van der Waals surface area contributed by atoms with Gasteiger partial charge in [0.15, 0.2) is 11.5 Å². The number of halogens is 2. The standard InChI is InChI=1S/C16H17Cl2N3O3/c1-9-13(15(18)21(2)20-9)16(22)19-4-3-10-7-11(17)14-12(8-10)23-5-6-24-14/h7-8H,3-6H2,1-2H3,(H,19,22). The van der Waals surface area contributed by atoms with Crippen LogP contribution in [-0.2, 0) is 13.5 Å². The Hall–Kier alpha value is -1.92. The Bertz CT molecular complexity index is 789. The normalized spacial score (nSPS) is 13.0. The molecular weight excluding hydrogens is 353 g/mol. The summed E-state index contributed by atoms with van der Waals surface area (Å²) in [5, 5.41) is 7.82. The van der Waals surface area contributed by atoms with Crippen molar-refractivity contribution < 1.29 is 14.3 Å². The van der Waals surface area contributed by atoms with Crippen molar-refractivity contribution in [3.8, 4) is 11.5 Å². The Balaban J connectivity index is 1.64. The fraction of sp³-hybridized carbons (Fsp3) is 0.375. The molecule has 1 aliphatic rings. The molecule has 3 rings (SSSR count). The predicted octanol–water partition coefficient (Wildman–Crippen LogP) is 2.78. The van der Waals surface area contributed by atoms with Gasteiger partial charge < -0.3 is 14.8 Å². The Morgan fingerprint density at radius 2 is 2.08 bits per heavy atom. The maximum absolute atomic E-state index is 12.3. The van der Waals surface area contributed by atoms with E-state index in [0.717, 1.165) is 5.56 Å². The Morgan fingerprint density at radius 1 is 1.33 bits per heavy atom. The first kappa shape index (κ1) is 16.9. The second-order valence-corrected chi connectivity index (χ2v) is 6.25. The summed E-state index contributed by atoms with van der Waals surface area (Å²) >= 11 is 12.3. The molecule has 0 spiro atoms. The summed E-state index contributed by atoms with van der Waals surface area (Å²) in [6.07, 6.45) is 0.610. The average molecular weight is 370 g/mol. The number of fused-ring (bicyclic) bond motifs is 1. The van der Waals surface area contributed by atoms with Crippen molar-refractivity contribution in [3.05, 3.63) is 39.1 Å². The van der Waals surface area contributed by atoms with Crippen LogP contribution in [-0.4, -0.2) is 35.4 Å². The van der Waals surface area contributed by atoms with Crippen LogP contribution in [0.3, 0.4) is 0 Å². The molecule has 1 amide bonds. The van der Waals surface area contributed by atoms with Gasteiger partial charge in [0.1, 0.15) is 18.4 Å². The van der Waals surface area contributed by atoms with E-state index >= 15 is 0 Å². The van der Waals surface area contributed by atoms with Gasteiger partial charge in [-0.1, -0.05) is 23.2 Å². The van der Waals surface area contributed by atoms with E-state index in [1.165, 1.54) is 4.68 Å². The molecule has 1 aromatic heterocycles. The first-order valence-corrected chi connectivity index (χ1v) is 8.28. The molecule has 2 heterocycles. The van der Waals surface area contributed by atoms with Crippen LogP contribution in [0.25, 0.3) is 0 Å². The summed E-state index contributed by atoms with van der Waals surface area (Å²) in [4.78, 5) is 12.3. The molecule has 128 valence electrons. The van der Waals surface area contributed by atoms with Crippen molar-refractivity contribution in [3.63, 3.8) is 0 Å². The zero-order valence-corrected chi connectivity index (χ0v) is 14.9. The molecule has 0 saturated carbocycles. The summed E-state index contributed by atoms with van der Waals surface area (Å²) in [6, 6.07) is 3.71. The molecule has 0 fully saturated rings. The maximum Gasteiger partial charge on any atom is 0.256 e. The highest BCUT2D eigenvalue weighted by molar-refractivity contribution is 6.33. The summed E-state index contributed by atoms with van der Waals surface area (Å²) in [5.41, 5.74) is 1.96. The minimum atomic E-state index is -0.241. The van der Waals surface area contributed by atoms with Crippen LogP contribution in [0, 0.1) is 6.92 Å². The quantitative estimate of drug-likeness (QED) is 0.899. The zero-order valence-electron chi connectivity index (χ0n) is 13.4. The lowest BCUT2D eigenvalue weighted by Gasteiger charge is -2.20. The predicted molar refractivity (Wildman–Crippen MR) is 91.4 cm³/mol. The number of ether oxygens (including phenoxy) is 2. The Kier molecular flexibility index (Phi) is 4.87. The zero-order chi connectivity index (χ0) is 17.3. The van der Waals surface area contributed by atoms with E-state index in [4.69, 9.17) is 32.7 Å². The molecule has 0 atom stereocenters. The van der Waals surface area contributed by atoms with Crippen LogP contribution in [0.1, 0.15) is 21.6 Å². The van der Waals surface area contributed by atoms with Crippen molar-refractivity contribution in [1.82, 2.24) is 15.1 Å². The van der Waals surface area contributed by atoms with Crippen LogP contribution in [0.5, 0.6) is 11.5 Å². The largest absolute Gasteiger partial charge is 0.486 e. The van der Waals surface area contributed by atoms with Gasteiger partial charge in [-0.05, 0) is 31.0 Å². The number of hydrogen-bond acceptors (Lipinski definition) is 4. The molecule has 0 bridgehead atoms.